The summed E-state index contributed by atoms with van der Waals surface area (Å²) in [5.74, 6) is 0. The van der Waals surface area contributed by atoms with Crippen LogP contribution in [-0.4, -0.2) is 26.4 Å². The zero-order valence-corrected chi connectivity index (χ0v) is 9.27. The summed E-state index contributed by atoms with van der Waals surface area (Å²) in [6.45, 7) is 3.44. The van der Waals surface area contributed by atoms with Gasteiger partial charge >= 0.3 is 5.69 Å². The molecule has 0 saturated heterocycles. The average molecular weight is 228 g/mol. The van der Waals surface area contributed by atoms with Crippen molar-refractivity contribution in [3.8, 4) is 0 Å². The predicted molar refractivity (Wildman–Crippen MR) is 57.9 cm³/mol. The van der Waals surface area contributed by atoms with Gasteiger partial charge in [-0.3, -0.25) is 10.1 Å². The van der Waals surface area contributed by atoms with E-state index in [9.17, 15) is 15.2 Å². The van der Waals surface area contributed by atoms with E-state index in [2.05, 4.69) is 4.98 Å². The lowest BCUT2D eigenvalue weighted by Crippen LogP contribution is -2.15. The summed E-state index contributed by atoms with van der Waals surface area (Å²) in [5, 5.41) is 20.2. The quantitative estimate of drug-likeness (QED) is 0.483. The van der Waals surface area contributed by atoms with Crippen molar-refractivity contribution in [2.75, 3.05) is 0 Å². The van der Waals surface area contributed by atoms with Gasteiger partial charge in [-0.15, -0.1) is 0 Å². The first kappa shape index (κ1) is 11.9. The molecule has 0 radical (unpaired) electrons. The number of aliphatic hydroxyl groups is 1. The molecule has 1 aromatic rings. The maximum absolute atomic E-state index is 10.7. The molecule has 15 heavy (non-hydrogen) atoms. The van der Waals surface area contributed by atoms with Crippen molar-refractivity contribution in [3.63, 3.8) is 0 Å². The molecule has 0 spiro atoms. The third kappa shape index (κ3) is 3.17. The summed E-state index contributed by atoms with van der Waals surface area (Å²) in [6, 6.07) is 2.93. The molecular weight excluding hydrogens is 216 g/mol. The minimum Gasteiger partial charge on any atom is -0.392 e. The van der Waals surface area contributed by atoms with Crippen molar-refractivity contribution in [1.29, 1.82) is 0 Å². The molecular formula is C9H12N2O3S. The molecule has 0 amide bonds. The number of nitro groups is 1. The lowest BCUT2D eigenvalue weighted by atomic mass is 10.3. The van der Waals surface area contributed by atoms with Crippen LogP contribution in [0.15, 0.2) is 23.4 Å². The Bertz CT molecular complexity index is 357. The van der Waals surface area contributed by atoms with Gasteiger partial charge in [0.15, 0.2) is 5.03 Å². The van der Waals surface area contributed by atoms with E-state index >= 15 is 0 Å². The number of hydrogen-bond donors (Lipinski definition) is 1. The fraction of sp³-hybridized carbons (Fsp3) is 0.444. The van der Waals surface area contributed by atoms with Crippen molar-refractivity contribution >= 4 is 17.4 Å². The SMILES string of the molecule is C[C@H](O)[C@@H](C)Sc1ncccc1[N+](=O)[O-]. The average Bonchev–Trinajstić information content (AvgIpc) is 2.18. The largest absolute Gasteiger partial charge is 0.392 e. The van der Waals surface area contributed by atoms with E-state index in [4.69, 9.17) is 0 Å². The molecule has 82 valence electrons. The second kappa shape index (κ2) is 5.09. The Morgan fingerprint density at radius 3 is 2.80 bits per heavy atom. The topological polar surface area (TPSA) is 76.3 Å². The van der Waals surface area contributed by atoms with Gasteiger partial charge in [-0.1, -0.05) is 18.7 Å². The Labute approximate surface area is 91.7 Å². The highest BCUT2D eigenvalue weighted by Gasteiger charge is 2.19. The highest BCUT2D eigenvalue weighted by atomic mass is 32.2. The van der Waals surface area contributed by atoms with Crippen LogP contribution in [0, 0.1) is 10.1 Å². The first-order chi connectivity index (χ1) is 7.02. The van der Waals surface area contributed by atoms with Crippen molar-refractivity contribution in [1.82, 2.24) is 4.98 Å². The number of thioether (sulfide) groups is 1. The summed E-state index contributed by atoms with van der Waals surface area (Å²) >= 11 is 1.20. The van der Waals surface area contributed by atoms with Gasteiger partial charge in [0.05, 0.1) is 11.0 Å². The molecule has 1 aromatic heterocycles. The molecule has 0 aliphatic carbocycles. The highest BCUT2D eigenvalue weighted by Crippen LogP contribution is 2.30. The Morgan fingerprint density at radius 2 is 2.27 bits per heavy atom. The van der Waals surface area contributed by atoms with E-state index in [1.165, 1.54) is 30.1 Å². The normalized spacial score (nSPS) is 14.6. The Kier molecular flexibility index (Phi) is 4.05. The van der Waals surface area contributed by atoms with Gasteiger partial charge < -0.3 is 5.11 Å². The zero-order chi connectivity index (χ0) is 11.4. The van der Waals surface area contributed by atoms with Gasteiger partial charge in [-0.05, 0) is 13.0 Å². The minimum absolute atomic E-state index is 0.0185. The number of aromatic nitrogens is 1. The molecule has 0 fully saturated rings. The van der Waals surface area contributed by atoms with Crippen LogP contribution in [0.2, 0.25) is 0 Å². The maximum Gasteiger partial charge on any atom is 0.301 e. The molecule has 6 heteroatoms. The van der Waals surface area contributed by atoms with Crippen LogP contribution in [0.5, 0.6) is 0 Å². The van der Waals surface area contributed by atoms with Crippen LogP contribution < -0.4 is 0 Å². The Morgan fingerprint density at radius 1 is 1.60 bits per heavy atom. The van der Waals surface area contributed by atoms with Gasteiger partial charge in [0.2, 0.25) is 0 Å². The number of rotatable bonds is 4. The van der Waals surface area contributed by atoms with Gasteiger partial charge in [-0.25, -0.2) is 4.98 Å². The van der Waals surface area contributed by atoms with Gasteiger partial charge in [0.25, 0.3) is 0 Å². The molecule has 0 bridgehead atoms. The summed E-state index contributed by atoms with van der Waals surface area (Å²) in [6.07, 6.45) is 0.973. The summed E-state index contributed by atoms with van der Waals surface area (Å²) in [4.78, 5) is 14.1. The molecule has 0 aromatic carbocycles. The summed E-state index contributed by atoms with van der Waals surface area (Å²) in [7, 11) is 0. The van der Waals surface area contributed by atoms with E-state index in [0.717, 1.165) is 0 Å². The number of nitrogens with zero attached hydrogens (tertiary/aromatic N) is 2. The second-order valence-corrected chi connectivity index (χ2v) is 4.51. The van der Waals surface area contributed by atoms with Crippen molar-refractivity contribution in [2.24, 2.45) is 0 Å². The highest BCUT2D eigenvalue weighted by molar-refractivity contribution is 8.00. The van der Waals surface area contributed by atoms with Crippen LogP contribution in [0.3, 0.4) is 0 Å². The number of pyridine rings is 1. The molecule has 0 aliphatic heterocycles. The molecule has 1 rings (SSSR count). The van der Waals surface area contributed by atoms with E-state index in [0.29, 0.717) is 5.03 Å². The van der Waals surface area contributed by atoms with E-state index in [1.54, 1.807) is 13.8 Å². The van der Waals surface area contributed by atoms with Gasteiger partial charge in [-0.2, -0.15) is 0 Å². The Balaban J connectivity index is 2.89. The van der Waals surface area contributed by atoms with Crippen LogP contribution in [0.25, 0.3) is 0 Å². The van der Waals surface area contributed by atoms with Crippen molar-refractivity contribution in [3.05, 3.63) is 28.4 Å². The summed E-state index contributed by atoms with van der Waals surface area (Å²) in [5.41, 5.74) is -0.0185. The van der Waals surface area contributed by atoms with Gasteiger partial charge in [0, 0.05) is 17.5 Å². The maximum atomic E-state index is 10.7. The lowest BCUT2D eigenvalue weighted by Gasteiger charge is -2.12. The third-order valence-corrected chi connectivity index (χ3v) is 3.23. The fourth-order valence-corrected chi connectivity index (χ4v) is 1.82. The van der Waals surface area contributed by atoms with Crippen LogP contribution >= 0.6 is 11.8 Å². The molecule has 1 heterocycles. The van der Waals surface area contributed by atoms with Crippen LogP contribution in [0.1, 0.15) is 13.8 Å². The fourth-order valence-electron chi connectivity index (χ4n) is 0.887. The van der Waals surface area contributed by atoms with E-state index in [1.807, 2.05) is 0 Å². The van der Waals surface area contributed by atoms with Crippen LogP contribution in [-0.2, 0) is 0 Å². The standard InChI is InChI=1S/C9H12N2O3S/c1-6(12)7(2)15-9-8(11(13)14)4-3-5-10-9/h3-7,12H,1-2H3/t6-,7+/m0/s1. The lowest BCUT2D eigenvalue weighted by molar-refractivity contribution is -0.388. The molecule has 0 aliphatic rings. The van der Waals surface area contributed by atoms with Crippen molar-refractivity contribution in [2.45, 2.75) is 30.2 Å². The molecule has 2 atom stereocenters. The Hall–Kier alpha value is -1.14. The smallest absolute Gasteiger partial charge is 0.301 e. The van der Waals surface area contributed by atoms with Gasteiger partial charge in [0.1, 0.15) is 0 Å². The molecule has 0 saturated carbocycles. The zero-order valence-electron chi connectivity index (χ0n) is 8.45. The predicted octanol–water partition coefficient (Wildman–Crippen LogP) is 1.85. The van der Waals surface area contributed by atoms with E-state index in [-0.39, 0.29) is 10.9 Å². The second-order valence-electron chi connectivity index (χ2n) is 3.15. The molecule has 5 nitrogen and oxygen atoms in total. The third-order valence-electron chi connectivity index (χ3n) is 1.92. The van der Waals surface area contributed by atoms with E-state index < -0.39 is 11.0 Å². The first-order valence-corrected chi connectivity index (χ1v) is 5.34. The number of hydrogen-bond acceptors (Lipinski definition) is 5. The number of aliphatic hydroxyl groups excluding tert-OH is 1. The van der Waals surface area contributed by atoms with Crippen LogP contribution in [0.4, 0.5) is 5.69 Å². The summed E-state index contributed by atoms with van der Waals surface area (Å²) < 4.78 is 0. The minimum atomic E-state index is -0.531. The molecule has 0 unspecified atom stereocenters. The first-order valence-electron chi connectivity index (χ1n) is 4.46. The van der Waals surface area contributed by atoms with Crippen molar-refractivity contribution < 1.29 is 10.0 Å². The molecule has 1 N–H and O–H groups in total. The monoisotopic (exact) mass is 228 g/mol.